The summed E-state index contributed by atoms with van der Waals surface area (Å²) in [5.74, 6) is -0.0543. The second-order valence-electron chi connectivity index (χ2n) is 6.70. The van der Waals surface area contributed by atoms with Crippen molar-refractivity contribution in [2.45, 2.75) is 23.9 Å². The number of nitrogens with zero attached hydrogens (tertiary/aromatic N) is 4. The molecular formula is C21H17ClFN5O2S. The molecule has 0 saturated carbocycles. The van der Waals surface area contributed by atoms with E-state index in [9.17, 15) is 14.0 Å². The summed E-state index contributed by atoms with van der Waals surface area (Å²) in [5, 5.41) is 12.5. The number of fused-ring (bicyclic) bond motifs is 1. The summed E-state index contributed by atoms with van der Waals surface area (Å²) in [7, 11) is 0. The van der Waals surface area contributed by atoms with Crippen molar-refractivity contribution in [3.8, 4) is 0 Å². The molecule has 0 unspecified atom stereocenters. The Morgan fingerprint density at radius 1 is 1.00 bits per heavy atom. The fourth-order valence-corrected chi connectivity index (χ4v) is 3.74. The van der Waals surface area contributed by atoms with Crippen LogP contribution >= 0.6 is 23.4 Å². The van der Waals surface area contributed by atoms with Gasteiger partial charge in [-0.05, 0) is 47.5 Å². The summed E-state index contributed by atoms with van der Waals surface area (Å²) in [6.07, 6.45) is 0. The van der Waals surface area contributed by atoms with Gasteiger partial charge in [0.25, 0.3) is 0 Å². The summed E-state index contributed by atoms with van der Waals surface area (Å²) < 4.78 is 15.2. The van der Waals surface area contributed by atoms with E-state index in [1.807, 2.05) is 24.3 Å². The topological polar surface area (TPSA) is 81.3 Å². The lowest BCUT2D eigenvalue weighted by Gasteiger charge is -2.04. The zero-order chi connectivity index (χ0) is 21.8. The Bertz CT molecular complexity index is 1270. The molecule has 0 atom stereocenters. The van der Waals surface area contributed by atoms with Gasteiger partial charge in [-0.25, -0.2) is 13.9 Å². The van der Waals surface area contributed by atoms with Crippen LogP contribution in [0.1, 0.15) is 11.1 Å². The second kappa shape index (κ2) is 9.32. The number of amides is 1. The maximum absolute atomic E-state index is 12.9. The number of hydrogen-bond donors (Lipinski definition) is 1. The van der Waals surface area contributed by atoms with Crippen molar-refractivity contribution in [1.82, 2.24) is 24.7 Å². The first-order valence-electron chi connectivity index (χ1n) is 9.33. The molecule has 1 N–H and O–H groups in total. The van der Waals surface area contributed by atoms with E-state index in [-0.39, 0.29) is 24.8 Å². The third-order valence-corrected chi connectivity index (χ3v) is 5.66. The first-order chi connectivity index (χ1) is 15.0. The fourth-order valence-electron chi connectivity index (χ4n) is 2.80. The van der Waals surface area contributed by atoms with E-state index < -0.39 is 5.69 Å². The highest BCUT2D eigenvalue weighted by Gasteiger charge is 2.12. The van der Waals surface area contributed by atoms with Gasteiger partial charge in [-0.2, -0.15) is 9.61 Å². The molecule has 0 aliphatic rings. The predicted molar refractivity (Wildman–Crippen MR) is 117 cm³/mol. The lowest BCUT2D eigenvalue weighted by Crippen LogP contribution is -2.32. The van der Waals surface area contributed by atoms with E-state index in [2.05, 4.69) is 15.5 Å². The van der Waals surface area contributed by atoms with Crippen LogP contribution in [0.15, 0.2) is 70.5 Å². The molecule has 4 aromatic rings. The molecule has 10 heteroatoms. The minimum Gasteiger partial charge on any atom is -0.350 e. The molecule has 2 aromatic heterocycles. The van der Waals surface area contributed by atoms with Gasteiger partial charge in [0, 0.05) is 17.3 Å². The lowest BCUT2D eigenvalue weighted by atomic mass is 10.2. The van der Waals surface area contributed by atoms with Crippen LogP contribution in [0.25, 0.3) is 5.65 Å². The quantitative estimate of drug-likeness (QED) is 0.431. The van der Waals surface area contributed by atoms with E-state index in [1.165, 1.54) is 28.4 Å². The van der Waals surface area contributed by atoms with Gasteiger partial charge in [0.05, 0.1) is 0 Å². The number of halogens is 2. The highest BCUT2D eigenvalue weighted by molar-refractivity contribution is 7.98. The van der Waals surface area contributed by atoms with E-state index in [4.69, 9.17) is 11.6 Å². The average molecular weight is 458 g/mol. The maximum atomic E-state index is 12.9. The summed E-state index contributed by atoms with van der Waals surface area (Å²) in [6, 6.07) is 16.8. The predicted octanol–water partition coefficient (Wildman–Crippen LogP) is 3.29. The summed E-state index contributed by atoms with van der Waals surface area (Å²) in [6.45, 7) is -0.0123. The van der Waals surface area contributed by atoms with Gasteiger partial charge in [0.1, 0.15) is 17.4 Å². The molecule has 0 radical (unpaired) electrons. The Morgan fingerprint density at radius 3 is 2.45 bits per heavy atom. The number of nitrogens with one attached hydrogen (secondary N) is 1. The molecule has 0 fully saturated rings. The number of thioether (sulfide) groups is 1. The van der Waals surface area contributed by atoms with Crippen LogP contribution in [0.4, 0.5) is 4.39 Å². The van der Waals surface area contributed by atoms with Crippen molar-refractivity contribution in [2.75, 3.05) is 0 Å². The third-order valence-electron chi connectivity index (χ3n) is 4.41. The van der Waals surface area contributed by atoms with Crippen molar-refractivity contribution in [1.29, 1.82) is 0 Å². The molecule has 158 valence electrons. The molecule has 0 bridgehead atoms. The number of carbonyl (C=O) groups excluding carboxylic acids is 1. The third kappa shape index (κ3) is 5.31. The zero-order valence-electron chi connectivity index (χ0n) is 16.2. The smallest absolute Gasteiger partial charge is 0.350 e. The van der Waals surface area contributed by atoms with Crippen LogP contribution in [0.5, 0.6) is 0 Å². The van der Waals surface area contributed by atoms with Crippen LogP contribution in [0.3, 0.4) is 0 Å². The molecule has 0 spiro atoms. The van der Waals surface area contributed by atoms with Gasteiger partial charge in [-0.15, -0.1) is 5.10 Å². The molecule has 7 nitrogen and oxygen atoms in total. The number of rotatable bonds is 7. The number of benzene rings is 2. The van der Waals surface area contributed by atoms with Crippen molar-refractivity contribution >= 4 is 34.9 Å². The van der Waals surface area contributed by atoms with Gasteiger partial charge < -0.3 is 5.32 Å². The van der Waals surface area contributed by atoms with Gasteiger partial charge in [0.15, 0.2) is 5.65 Å². The summed E-state index contributed by atoms with van der Waals surface area (Å²) in [5.41, 5.74) is 1.69. The molecule has 4 rings (SSSR count). The fraction of sp³-hybridized carbons (Fsp3) is 0.143. The number of carbonyl (C=O) groups is 1. The first-order valence-corrected chi connectivity index (χ1v) is 10.7. The van der Waals surface area contributed by atoms with Crippen molar-refractivity contribution in [2.24, 2.45) is 0 Å². The van der Waals surface area contributed by atoms with Crippen LogP contribution < -0.4 is 11.0 Å². The minimum absolute atomic E-state index is 0.227. The van der Waals surface area contributed by atoms with Crippen LogP contribution in [-0.2, 0) is 23.6 Å². The Kier molecular flexibility index (Phi) is 6.34. The molecule has 0 aliphatic carbocycles. The van der Waals surface area contributed by atoms with E-state index in [0.29, 0.717) is 21.4 Å². The molecule has 2 heterocycles. The molecule has 2 aromatic carbocycles. The van der Waals surface area contributed by atoms with Crippen molar-refractivity contribution < 1.29 is 9.18 Å². The van der Waals surface area contributed by atoms with Gasteiger partial charge in [-0.1, -0.05) is 47.6 Å². The molecule has 0 aliphatic heterocycles. The lowest BCUT2D eigenvalue weighted by molar-refractivity contribution is -0.122. The number of aromatic nitrogens is 4. The standard InChI is InChI=1S/C21H17ClFN5O2S/c22-16-5-1-15(2-6-16)13-31-20-10-9-18-25-27(21(30)28(18)26-20)12-19(29)24-11-14-3-7-17(23)8-4-14/h1-10H,11-13H2,(H,24,29). The van der Waals surface area contributed by atoms with E-state index in [1.54, 1.807) is 24.3 Å². The Morgan fingerprint density at radius 2 is 1.71 bits per heavy atom. The van der Waals surface area contributed by atoms with Gasteiger partial charge in [0.2, 0.25) is 5.91 Å². The van der Waals surface area contributed by atoms with E-state index in [0.717, 1.165) is 15.8 Å². The second-order valence-corrected chi connectivity index (χ2v) is 8.13. The highest BCUT2D eigenvalue weighted by atomic mass is 35.5. The first kappa shape index (κ1) is 21.1. The van der Waals surface area contributed by atoms with Gasteiger partial charge in [-0.3, -0.25) is 4.79 Å². The molecule has 31 heavy (non-hydrogen) atoms. The monoisotopic (exact) mass is 457 g/mol. The number of hydrogen-bond acceptors (Lipinski definition) is 5. The van der Waals surface area contributed by atoms with Crippen molar-refractivity contribution in [3.05, 3.63) is 93.1 Å². The minimum atomic E-state index is -0.499. The van der Waals surface area contributed by atoms with Crippen LogP contribution in [-0.4, -0.2) is 25.3 Å². The molecule has 0 saturated heterocycles. The highest BCUT2D eigenvalue weighted by Crippen LogP contribution is 2.21. The SMILES string of the molecule is O=C(Cn1nc2ccc(SCc3ccc(Cl)cc3)nn2c1=O)NCc1ccc(F)cc1. The molecular weight excluding hydrogens is 441 g/mol. The maximum Gasteiger partial charge on any atom is 0.367 e. The molecule has 1 amide bonds. The zero-order valence-corrected chi connectivity index (χ0v) is 17.7. The average Bonchev–Trinajstić information content (AvgIpc) is 3.08. The van der Waals surface area contributed by atoms with E-state index >= 15 is 0 Å². The van der Waals surface area contributed by atoms with Gasteiger partial charge >= 0.3 is 5.69 Å². The van der Waals surface area contributed by atoms with Crippen LogP contribution in [0.2, 0.25) is 5.02 Å². The largest absolute Gasteiger partial charge is 0.367 e. The van der Waals surface area contributed by atoms with Crippen LogP contribution in [0, 0.1) is 5.82 Å². The Balaban J connectivity index is 1.41. The van der Waals surface area contributed by atoms with Crippen molar-refractivity contribution in [3.63, 3.8) is 0 Å². The normalized spacial score (nSPS) is 11.0. The summed E-state index contributed by atoms with van der Waals surface area (Å²) >= 11 is 7.37. The Hall–Kier alpha value is -3.17. The Labute approximate surface area is 185 Å². The summed E-state index contributed by atoms with van der Waals surface area (Å²) in [4.78, 5) is 24.8.